The van der Waals surface area contributed by atoms with Gasteiger partial charge in [-0.25, -0.2) is 4.79 Å². The van der Waals surface area contributed by atoms with Gasteiger partial charge in [-0.05, 0) is 26.7 Å². The molecule has 0 bridgehead atoms. The molecule has 2 N–H and O–H groups in total. The summed E-state index contributed by atoms with van der Waals surface area (Å²) >= 11 is 0. The molecule has 0 aliphatic carbocycles. The minimum absolute atomic E-state index is 0.132. The predicted molar refractivity (Wildman–Crippen MR) is 51.1 cm³/mol. The highest BCUT2D eigenvalue weighted by Crippen LogP contribution is 1.91. The molecule has 13 heavy (non-hydrogen) atoms. The van der Waals surface area contributed by atoms with Crippen LogP contribution < -0.4 is 10.6 Å². The van der Waals surface area contributed by atoms with E-state index in [1.165, 1.54) is 0 Å². The Kier molecular flexibility index (Phi) is 6.70. The van der Waals surface area contributed by atoms with Gasteiger partial charge in [-0.2, -0.15) is 5.26 Å². The fraction of sp³-hybridized carbons (Fsp3) is 0.778. The second-order valence-electron chi connectivity index (χ2n) is 3.17. The molecule has 0 radical (unpaired) electrons. The first-order valence-electron chi connectivity index (χ1n) is 4.58. The van der Waals surface area contributed by atoms with Gasteiger partial charge in [-0.3, -0.25) is 0 Å². The van der Waals surface area contributed by atoms with E-state index in [0.29, 0.717) is 13.0 Å². The van der Waals surface area contributed by atoms with Crippen molar-refractivity contribution in [3.05, 3.63) is 0 Å². The quantitative estimate of drug-likeness (QED) is 0.632. The highest BCUT2D eigenvalue weighted by molar-refractivity contribution is 5.73. The molecule has 4 nitrogen and oxygen atoms in total. The molecule has 0 aromatic rings. The maximum Gasteiger partial charge on any atom is 0.314 e. The fourth-order valence-electron chi connectivity index (χ4n) is 0.844. The van der Waals surface area contributed by atoms with E-state index >= 15 is 0 Å². The summed E-state index contributed by atoms with van der Waals surface area (Å²) in [7, 11) is 0. The van der Waals surface area contributed by atoms with Crippen LogP contribution >= 0.6 is 0 Å². The summed E-state index contributed by atoms with van der Waals surface area (Å²) in [6.45, 7) is 4.46. The van der Waals surface area contributed by atoms with Crippen LogP contribution in [0.25, 0.3) is 0 Å². The molecule has 0 saturated carbocycles. The number of carbonyl (C=O) groups is 1. The molecule has 0 aromatic carbocycles. The average molecular weight is 183 g/mol. The van der Waals surface area contributed by atoms with Gasteiger partial charge in [-0.1, -0.05) is 0 Å². The lowest BCUT2D eigenvalue weighted by Gasteiger charge is -2.09. The number of amides is 2. The molecule has 0 fully saturated rings. The van der Waals surface area contributed by atoms with E-state index in [1.54, 1.807) is 0 Å². The number of unbranched alkanes of at least 4 members (excludes halogenated alkanes) is 2. The first-order chi connectivity index (χ1) is 6.16. The molecular weight excluding hydrogens is 166 g/mol. The van der Waals surface area contributed by atoms with Gasteiger partial charge in [0.15, 0.2) is 0 Å². The summed E-state index contributed by atoms with van der Waals surface area (Å²) in [5.41, 5.74) is 0. The molecule has 0 saturated heterocycles. The lowest BCUT2D eigenvalue weighted by molar-refractivity contribution is 0.238. The minimum Gasteiger partial charge on any atom is -0.338 e. The van der Waals surface area contributed by atoms with E-state index in [1.807, 2.05) is 13.8 Å². The maximum absolute atomic E-state index is 11.0. The third-order valence-corrected chi connectivity index (χ3v) is 1.42. The van der Waals surface area contributed by atoms with Crippen molar-refractivity contribution < 1.29 is 4.79 Å². The van der Waals surface area contributed by atoms with Crippen LogP contribution in [0.4, 0.5) is 4.79 Å². The monoisotopic (exact) mass is 183 g/mol. The van der Waals surface area contributed by atoms with Gasteiger partial charge in [0.2, 0.25) is 0 Å². The predicted octanol–water partition coefficient (Wildman–Crippen LogP) is 1.39. The lowest BCUT2D eigenvalue weighted by Crippen LogP contribution is -2.39. The van der Waals surface area contributed by atoms with E-state index in [4.69, 9.17) is 5.26 Å². The Balaban J connectivity index is 3.23. The van der Waals surface area contributed by atoms with Crippen LogP contribution in [-0.4, -0.2) is 18.6 Å². The van der Waals surface area contributed by atoms with Gasteiger partial charge in [-0.15, -0.1) is 0 Å². The second kappa shape index (κ2) is 7.41. The van der Waals surface area contributed by atoms with Crippen LogP contribution in [0.5, 0.6) is 0 Å². The molecule has 4 heteroatoms. The first kappa shape index (κ1) is 11.8. The zero-order chi connectivity index (χ0) is 10.1. The Hall–Kier alpha value is -1.24. The van der Waals surface area contributed by atoms with Crippen LogP contribution in [0.2, 0.25) is 0 Å². The number of hydrogen-bond acceptors (Lipinski definition) is 2. The number of rotatable bonds is 5. The van der Waals surface area contributed by atoms with E-state index in [2.05, 4.69) is 16.7 Å². The first-order valence-corrected chi connectivity index (χ1v) is 4.58. The normalized spacial score (nSPS) is 9.38. The number of urea groups is 1. The van der Waals surface area contributed by atoms with Crippen LogP contribution in [0.15, 0.2) is 0 Å². The van der Waals surface area contributed by atoms with Crippen molar-refractivity contribution >= 4 is 6.03 Å². The molecular formula is C9H17N3O. The summed E-state index contributed by atoms with van der Waals surface area (Å²) in [6.07, 6.45) is 2.27. The molecule has 0 rings (SSSR count). The van der Waals surface area contributed by atoms with Crippen LogP contribution in [0.3, 0.4) is 0 Å². The molecule has 0 aromatic heterocycles. The topological polar surface area (TPSA) is 64.9 Å². The highest BCUT2D eigenvalue weighted by Gasteiger charge is 1.99. The van der Waals surface area contributed by atoms with Crippen molar-refractivity contribution in [2.24, 2.45) is 0 Å². The number of nitriles is 1. The highest BCUT2D eigenvalue weighted by atomic mass is 16.2. The number of nitrogens with one attached hydrogen (secondary N) is 2. The van der Waals surface area contributed by atoms with Gasteiger partial charge >= 0.3 is 6.03 Å². The molecule has 74 valence electrons. The smallest absolute Gasteiger partial charge is 0.314 e. The zero-order valence-corrected chi connectivity index (χ0v) is 8.26. The van der Waals surface area contributed by atoms with Crippen molar-refractivity contribution in [1.29, 1.82) is 5.26 Å². The Morgan fingerprint density at radius 2 is 2.15 bits per heavy atom. The zero-order valence-electron chi connectivity index (χ0n) is 8.26. The van der Waals surface area contributed by atoms with Gasteiger partial charge < -0.3 is 10.6 Å². The summed E-state index contributed by atoms with van der Waals surface area (Å²) in [6, 6.07) is 2.09. The van der Waals surface area contributed by atoms with E-state index in [9.17, 15) is 4.79 Å². The maximum atomic E-state index is 11.0. The minimum atomic E-state index is -0.132. The van der Waals surface area contributed by atoms with Crippen molar-refractivity contribution in [3.63, 3.8) is 0 Å². The standard InChI is InChI=1S/C9H17N3O/c1-8(2)12-9(13)11-7-5-3-4-6-10/h8H,3-5,7H2,1-2H3,(H2,11,12,13). The third kappa shape index (κ3) is 8.67. The Labute approximate surface area is 79.3 Å². The number of nitrogens with zero attached hydrogens (tertiary/aromatic N) is 1. The summed E-state index contributed by atoms with van der Waals surface area (Å²) in [4.78, 5) is 11.0. The van der Waals surface area contributed by atoms with Crippen molar-refractivity contribution in [2.45, 2.75) is 39.2 Å². The summed E-state index contributed by atoms with van der Waals surface area (Å²) in [5.74, 6) is 0. The molecule has 0 atom stereocenters. The summed E-state index contributed by atoms with van der Waals surface area (Å²) < 4.78 is 0. The van der Waals surface area contributed by atoms with Crippen LogP contribution in [-0.2, 0) is 0 Å². The summed E-state index contributed by atoms with van der Waals surface area (Å²) in [5, 5.41) is 13.7. The van der Waals surface area contributed by atoms with Crippen LogP contribution in [0.1, 0.15) is 33.1 Å². The third-order valence-electron chi connectivity index (χ3n) is 1.42. The lowest BCUT2D eigenvalue weighted by atomic mass is 10.2. The van der Waals surface area contributed by atoms with E-state index in [0.717, 1.165) is 12.8 Å². The largest absolute Gasteiger partial charge is 0.338 e. The molecule has 0 unspecified atom stereocenters. The average Bonchev–Trinajstić information content (AvgIpc) is 2.02. The van der Waals surface area contributed by atoms with Gasteiger partial charge in [0.05, 0.1) is 6.07 Å². The van der Waals surface area contributed by atoms with Crippen molar-refractivity contribution in [1.82, 2.24) is 10.6 Å². The van der Waals surface area contributed by atoms with Crippen molar-refractivity contribution in [3.8, 4) is 6.07 Å². The van der Waals surface area contributed by atoms with E-state index < -0.39 is 0 Å². The number of carbonyl (C=O) groups excluding carboxylic acids is 1. The van der Waals surface area contributed by atoms with Gasteiger partial charge in [0.1, 0.15) is 0 Å². The van der Waals surface area contributed by atoms with Gasteiger partial charge in [0.25, 0.3) is 0 Å². The Morgan fingerprint density at radius 3 is 2.69 bits per heavy atom. The molecule has 0 aliphatic rings. The van der Waals surface area contributed by atoms with Gasteiger partial charge in [0, 0.05) is 19.0 Å². The Morgan fingerprint density at radius 1 is 1.46 bits per heavy atom. The van der Waals surface area contributed by atoms with E-state index in [-0.39, 0.29) is 12.1 Å². The van der Waals surface area contributed by atoms with Crippen molar-refractivity contribution in [2.75, 3.05) is 6.54 Å². The molecule has 0 spiro atoms. The van der Waals surface area contributed by atoms with Crippen LogP contribution in [0, 0.1) is 11.3 Å². The fourth-order valence-corrected chi connectivity index (χ4v) is 0.844. The molecule has 0 aliphatic heterocycles. The second-order valence-corrected chi connectivity index (χ2v) is 3.17. The molecule has 2 amide bonds. The Bertz CT molecular complexity index is 184. The number of hydrogen-bond donors (Lipinski definition) is 2. The molecule has 0 heterocycles. The SMILES string of the molecule is CC(C)NC(=O)NCCCCC#N.